The average molecular weight is 267 g/mol. The van der Waals surface area contributed by atoms with Gasteiger partial charge in [0, 0.05) is 24.9 Å². The lowest BCUT2D eigenvalue weighted by Gasteiger charge is -2.22. The van der Waals surface area contributed by atoms with E-state index in [0.29, 0.717) is 12.0 Å². The van der Waals surface area contributed by atoms with E-state index in [0.717, 1.165) is 42.0 Å². The summed E-state index contributed by atoms with van der Waals surface area (Å²) < 4.78 is 7.32. The fraction of sp³-hybridized carbons (Fsp3) is 0.727. The third-order valence-electron chi connectivity index (χ3n) is 2.99. The number of aromatic nitrogens is 4. The number of nitrogens with zero attached hydrogens (tertiary/aromatic N) is 4. The van der Waals surface area contributed by atoms with Crippen LogP contribution in [-0.2, 0) is 11.2 Å². The van der Waals surface area contributed by atoms with Gasteiger partial charge in [-0.25, -0.2) is 0 Å². The summed E-state index contributed by atoms with van der Waals surface area (Å²) in [6.07, 6.45) is 0.894. The van der Waals surface area contributed by atoms with E-state index >= 15 is 0 Å². The highest BCUT2D eigenvalue weighted by molar-refractivity contribution is 7.16. The van der Waals surface area contributed by atoms with Gasteiger partial charge in [0.25, 0.3) is 0 Å². The van der Waals surface area contributed by atoms with Crippen LogP contribution in [0.5, 0.6) is 0 Å². The minimum atomic E-state index is 0.339. The number of fused-ring (bicyclic) bond motifs is 1. The predicted molar refractivity (Wildman–Crippen MR) is 69.1 cm³/mol. The quantitative estimate of drug-likeness (QED) is 0.893. The SMILES string of the molecule is CC(C)c1nnc2sc(CC3COCCN3)nn12. The summed E-state index contributed by atoms with van der Waals surface area (Å²) in [6, 6.07) is 0.366. The zero-order valence-electron chi connectivity index (χ0n) is 10.6. The van der Waals surface area contributed by atoms with Gasteiger partial charge in [-0.15, -0.1) is 10.2 Å². The second-order valence-electron chi connectivity index (χ2n) is 4.83. The molecule has 0 amide bonds. The number of nitrogens with one attached hydrogen (secondary N) is 1. The first-order valence-electron chi connectivity index (χ1n) is 6.26. The van der Waals surface area contributed by atoms with Gasteiger partial charge in [0.1, 0.15) is 5.01 Å². The number of hydrogen-bond donors (Lipinski definition) is 1. The lowest BCUT2D eigenvalue weighted by molar-refractivity contribution is 0.0769. The first-order chi connectivity index (χ1) is 8.74. The Bertz CT molecular complexity index is 529. The van der Waals surface area contributed by atoms with E-state index in [1.165, 1.54) is 0 Å². The predicted octanol–water partition coefficient (Wildman–Crippen LogP) is 0.840. The molecule has 1 unspecified atom stereocenters. The molecule has 3 rings (SSSR count). The van der Waals surface area contributed by atoms with Gasteiger partial charge >= 0.3 is 0 Å². The first-order valence-corrected chi connectivity index (χ1v) is 7.08. The molecule has 1 saturated heterocycles. The van der Waals surface area contributed by atoms with E-state index in [9.17, 15) is 0 Å². The maximum Gasteiger partial charge on any atom is 0.234 e. The summed E-state index contributed by atoms with van der Waals surface area (Å²) in [6.45, 7) is 6.69. The van der Waals surface area contributed by atoms with E-state index in [4.69, 9.17) is 4.74 Å². The Hall–Kier alpha value is -1.05. The molecule has 3 heterocycles. The van der Waals surface area contributed by atoms with Gasteiger partial charge in [-0.05, 0) is 0 Å². The maximum absolute atomic E-state index is 5.45. The van der Waals surface area contributed by atoms with Crippen molar-refractivity contribution in [3.63, 3.8) is 0 Å². The molecule has 1 N–H and O–H groups in total. The molecule has 2 aromatic rings. The van der Waals surface area contributed by atoms with Crippen LogP contribution >= 0.6 is 11.3 Å². The fourth-order valence-electron chi connectivity index (χ4n) is 2.08. The van der Waals surface area contributed by atoms with E-state index in [2.05, 4.69) is 34.5 Å². The third kappa shape index (κ3) is 2.25. The Morgan fingerprint density at radius 3 is 3.11 bits per heavy atom. The largest absolute Gasteiger partial charge is 0.379 e. The summed E-state index contributed by atoms with van der Waals surface area (Å²) in [4.78, 5) is 0.880. The number of morpholine rings is 1. The highest BCUT2D eigenvalue weighted by Crippen LogP contribution is 2.19. The van der Waals surface area contributed by atoms with Gasteiger partial charge < -0.3 is 10.1 Å². The molecule has 98 valence electrons. The summed E-state index contributed by atoms with van der Waals surface area (Å²) in [5.41, 5.74) is 0. The van der Waals surface area contributed by atoms with Crippen LogP contribution in [0.1, 0.15) is 30.6 Å². The lowest BCUT2D eigenvalue weighted by Crippen LogP contribution is -2.42. The summed E-state index contributed by atoms with van der Waals surface area (Å²) in [5.74, 6) is 1.27. The van der Waals surface area contributed by atoms with Crippen molar-refractivity contribution in [1.29, 1.82) is 0 Å². The van der Waals surface area contributed by atoms with E-state index in [1.807, 2.05) is 4.52 Å². The van der Waals surface area contributed by atoms with Crippen LogP contribution in [0.4, 0.5) is 0 Å². The van der Waals surface area contributed by atoms with E-state index in [1.54, 1.807) is 11.3 Å². The fourth-order valence-corrected chi connectivity index (χ4v) is 3.00. The van der Waals surface area contributed by atoms with Crippen LogP contribution in [0.2, 0.25) is 0 Å². The van der Waals surface area contributed by atoms with Crippen molar-refractivity contribution in [3.8, 4) is 0 Å². The van der Waals surface area contributed by atoms with Crippen molar-refractivity contribution < 1.29 is 4.74 Å². The van der Waals surface area contributed by atoms with Gasteiger partial charge in [-0.2, -0.15) is 9.61 Å². The van der Waals surface area contributed by atoms with Crippen molar-refractivity contribution in [1.82, 2.24) is 25.1 Å². The normalized spacial score (nSPS) is 20.9. The Labute approximate surface area is 109 Å². The molecule has 6 nitrogen and oxygen atoms in total. The molecule has 1 fully saturated rings. The molecule has 0 bridgehead atoms. The summed E-state index contributed by atoms with van der Waals surface area (Å²) in [7, 11) is 0. The van der Waals surface area contributed by atoms with Crippen LogP contribution in [0.25, 0.3) is 4.96 Å². The Morgan fingerprint density at radius 1 is 1.50 bits per heavy atom. The van der Waals surface area contributed by atoms with Gasteiger partial charge in [0.15, 0.2) is 5.82 Å². The van der Waals surface area contributed by atoms with Crippen molar-refractivity contribution in [2.75, 3.05) is 19.8 Å². The zero-order chi connectivity index (χ0) is 12.5. The van der Waals surface area contributed by atoms with Crippen LogP contribution in [-0.4, -0.2) is 45.6 Å². The molecule has 0 spiro atoms. The molecule has 0 aromatic carbocycles. The Morgan fingerprint density at radius 2 is 2.39 bits per heavy atom. The van der Waals surface area contributed by atoms with Crippen molar-refractivity contribution >= 4 is 16.3 Å². The smallest absolute Gasteiger partial charge is 0.234 e. The van der Waals surface area contributed by atoms with Crippen LogP contribution in [0.3, 0.4) is 0 Å². The second-order valence-corrected chi connectivity index (χ2v) is 5.87. The van der Waals surface area contributed by atoms with E-state index in [-0.39, 0.29) is 0 Å². The first kappa shape index (κ1) is 12.0. The molecule has 0 saturated carbocycles. The molecule has 18 heavy (non-hydrogen) atoms. The number of ether oxygens (including phenoxy) is 1. The molecule has 0 radical (unpaired) electrons. The van der Waals surface area contributed by atoms with Crippen LogP contribution in [0, 0.1) is 0 Å². The molecule has 7 heteroatoms. The van der Waals surface area contributed by atoms with Gasteiger partial charge in [-0.1, -0.05) is 25.2 Å². The zero-order valence-corrected chi connectivity index (χ0v) is 11.4. The van der Waals surface area contributed by atoms with Crippen LogP contribution in [0.15, 0.2) is 0 Å². The standard InChI is InChI=1S/C11H17N5OS/c1-7(2)10-13-14-11-16(10)15-9(18-11)5-8-6-17-4-3-12-8/h7-8,12H,3-6H2,1-2H3. The monoisotopic (exact) mass is 267 g/mol. The van der Waals surface area contributed by atoms with Crippen molar-refractivity contribution in [2.45, 2.75) is 32.2 Å². The van der Waals surface area contributed by atoms with Crippen molar-refractivity contribution in [2.24, 2.45) is 0 Å². The van der Waals surface area contributed by atoms with Crippen LogP contribution < -0.4 is 5.32 Å². The van der Waals surface area contributed by atoms with Gasteiger partial charge in [-0.3, -0.25) is 0 Å². The molecular weight excluding hydrogens is 250 g/mol. The minimum absolute atomic E-state index is 0.339. The van der Waals surface area contributed by atoms with E-state index < -0.39 is 0 Å². The molecule has 1 aliphatic rings. The van der Waals surface area contributed by atoms with Gasteiger partial charge in [0.2, 0.25) is 4.96 Å². The highest BCUT2D eigenvalue weighted by atomic mass is 32.1. The van der Waals surface area contributed by atoms with Gasteiger partial charge in [0.05, 0.1) is 13.2 Å². The topological polar surface area (TPSA) is 64.3 Å². The average Bonchev–Trinajstić information content (AvgIpc) is 2.89. The Balaban J connectivity index is 1.80. The highest BCUT2D eigenvalue weighted by Gasteiger charge is 2.18. The maximum atomic E-state index is 5.45. The molecule has 2 aromatic heterocycles. The molecule has 1 aliphatic heterocycles. The summed E-state index contributed by atoms with van der Waals surface area (Å²) in [5, 5.41) is 17.5. The Kier molecular flexibility index (Phi) is 3.27. The molecular formula is C11H17N5OS. The lowest BCUT2D eigenvalue weighted by atomic mass is 10.2. The molecule has 0 aliphatic carbocycles. The number of hydrogen-bond acceptors (Lipinski definition) is 6. The molecule has 1 atom stereocenters. The summed E-state index contributed by atoms with van der Waals surface area (Å²) >= 11 is 1.61. The van der Waals surface area contributed by atoms with Crippen molar-refractivity contribution in [3.05, 3.63) is 10.8 Å². The number of rotatable bonds is 3. The third-order valence-corrected chi connectivity index (χ3v) is 3.91. The minimum Gasteiger partial charge on any atom is -0.379 e. The second kappa shape index (κ2) is 4.91.